The molecule has 2 aromatic rings. The first kappa shape index (κ1) is 25.4. The Morgan fingerprint density at radius 2 is 1.48 bits per heavy atom. The van der Waals surface area contributed by atoms with Crippen LogP contribution in [0, 0.1) is 17.0 Å². The summed E-state index contributed by atoms with van der Waals surface area (Å²) in [5.41, 5.74) is 1.04. The lowest BCUT2D eigenvalue weighted by molar-refractivity contribution is -0.384. The van der Waals surface area contributed by atoms with E-state index in [1.807, 2.05) is 6.92 Å². The van der Waals surface area contributed by atoms with Crippen LogP contribution in [0.3, 0.4) is 0 Å². The van der Waals surface area contributed by atoms with E-state index in [2.05, 4.69) is 0 Å². The molecular formula is C20H21N3O9S. The number of non-ortho nitro benzene ring substituents is 1. The van der Waals surface area contributed by atoms with Crippen molar-refractivity contribution in [2.24, 2.45) is 0 Å². The largest absolute Gasteiger partial charge is 0.473 e. The van der Waals surface area contributed by atoms with Crippen LogP contribution in [0.25, 0.3) is 0 Å². The van der Waals surface area contributed by atoms with Gasteiger partial charge in [0.2, 0.25) is 10.0 Å². The molecule has 2 aromatic carbocycles. The average molecular weight is 479 g/mol. The van der Waals surface area contributed by atoms with E-state index in [1.165, 1.54) is 33.5 Å². The second kappa shape index (κ2) is 10.7. The summed E-state index contributed by atoms with van der Waals surface area (Å²) in [4.78, 5) is 42.8. The number of amides is 1. The Morgan fingerprint density at radius 3 is 1.97 bits per heavy atom. The summed E-state index contributed by atoms with van der Waals surface area (Å²) in [5, 5.41) is 25.7. The molecular weight excluding hydrogens is 458 g/mol. The fraction of sp³-hybridized carbons (Fsp3) is 0.250. The van der Waals surface area contributed by atoms with Gasteiger partial charge in [-0.2, -0.15) is 4.31 Å². The Balaban J connectivity index is 0.000000569. The number of nitrogens with zero attached hydrogens (tertiary/aromatic N) is 3. The molecule has 1 heterocycles. The summed E-state index contributed by atoms with van der Waals surface area (Å²) in [6, 6.07) is 12.2. The number of aliphatic carboxylic acids is 2. The lowest BCUT2D eigenvalue weighted by atomic mass is 10.1. The highest BCUT2D eigenvalue weighted by atomic mass is 32.2. The van der Waals surface area contributed by atoms with Crippen molar-refractivity contribution in [3.63, 3.8) is 0 Å². The summed E-state index contributed by atoms with van der Waals surface area (Å²) in [6.45, 7) is 2.70. The molecule has 3 rings (SSSR count). The minimum atomic E-state index is -3.60. The Bertz CT molecular complexity index is 1140. The molecule has 1 fully saturated rings. The molecule has 0 saturated carbocycles. The first-order valence-corrected chi connectivity index (χ1v) is 10.9. The lowest BCUT2D eigenvalue weighted by Gasteiger charge is -2.34. The predicted octanol–water partition coefficient (Wildman–Crippen LogP) is 1.21. The molecule has 0 unspecified atom stereocenters. The second-order valence-corrected chi connectivity index (χ2v) is 8.87. The van der Waals surface area contributed by atoms with E-state index < -0.39 is 26.9 Å². The number of hydrogen-bond acceptors (Lipinski definition) is 7. The van der Waals surface area contributed by atoms with Gasteiger partial charge in [-0.25, -0.2) is 18.0 Å². The van der Waals surface area contributed by atoms with Crippen LogP contribution in [0.15, 0.2) is 53.4 Å². The number of carboxylic acids is 2. The first-order valence-electron chi connectivity index (χ1n) is 9.50. The molecule has 1 amide bonds. The highest BCUT2D eigenvalue weighted by molar-refractivity contribution is 7.89. The number of carbonyl (C=O) groups is 3. The average Bonchev–Trinajstić information content (AvgIpc) is 2.79. The van der Waals surface area contributed by atoms with Gasteiger partial charge >= 0.3 is 11.9 Å². The van der Waals surface area contributed by atoms with E-state index in [4.69, 9.17) is 19.8 Å². The van der Waals surface area contributed by atoms with Crippen LogP contribution in [-0.4, -0.2) is 76.8 Å². The topological polar surface area (TPSA) is 175 Å². The van der Waals surface area contributed by atoms with Crippen molar-refractivity contribution in [3.05, 3.63) is 69.8 Å². The third kappa shape index (κ3) is 6.57. The van der Waals surface area contributed by atoms with Gasteiger partial charge in [-0.05, 0) is 25.1 Å². The molecule has 13 heteroatoms. The fourth-order valence-corrected chi connectivity index (χ4v) is 4.35. The summed E-state index contributed by atoms with van der Waals surface area (Å²) in [7, 11) is -3.60. The Kier molecular flexibility index (Phi) is 8.21. The minimum Gasteiger partial charge on any atom is -0.473 e. The van der Waals surface area contributed by atoms with Gasteiger partial charge in [0.05, 0.1) is 9.82 Å². The van der Waals surface area contributed by atoms with E-state index in [-0.39, 0.29) is 48.2 Å². The zero-order chi connectivity index (χ0) is 24.8. The smallest absolute Gasteiger partial charge is 0.414 e. The number of carboxylic acid groups (broad SMARTS) is 2. The van der Waals surface area contributed by atoms with Crippen molar-refractivity contribution in [1.29, 1.82) is 0 Å². The molecule has 1 aliphatic heterocycles. The summed E-state index contributed by atoms with van der Waals surface area (Å²) in [5.74, 6) is -3.99. The maximum absolute atomic E-state index is 12.7. The lowest BCUT2D eigenvalue weighted by Crippen LogP contribution is -2.50. The van der Waals surface area contributed by atoms with Crippen molar-refractivity contribution >= 4 is 33.6 Å². The molecule has 0 spiro atoms. The number of nitro groups is 1. The maximum atomic E-state index is 12.7. The SMILES string of the molecule is Cc1ccc(S(=O)(=O)N2CCN(C(=O)c3cccc([N+](=O)[O-])c3)CC2)cc1.O=C(O)C(=O)O. The van der Waals surface area contributed by atoms with E-state index >= 15 is 0 Å². The second-order valence-electron chi connectivity index (χ2n) is 6.93. The van der Waals surface area contributed by atoms with E-state index in [1.54, 1.807) is 24.3 Å². The molecule has 2 N–H and O–H groups in total. The van der Waals surface area contributed by atoms with Crippen molar-refractivity contribution < 1.29 is 37.9 Å². The van der Waals surface area contributed by atoms with Crippen molar-refractivity contribution in [2.45, 2.75) is 11.8 Å². The third-order valence-electron chi connectivity index (χ3n) is 4.67. The molecule has 0 atom stereocenters. The highest BCUT2D eigenvalue weighted by Crippen LogP contribution is 2.20. The normalized spacial score (nSPS) is 14.0. The fourth-order valence-electron chi connectivity index (χ4n) is 2.93. The molecule has 0 radical (unpaired) electrons. The Morgan fingerprint density at radius 1 is 0.939 bits per heavy atom. The van der Waals surface area contributed by atoms with Crippen LogP contribution in [-0.2, 0) is 19.6 Å². The molecule has 12 nitrogen and oxygen atoms in total. The van der Waals surface area contributed by atoms with Crippen molar-refractivity contribution in [2.75, 3.05) is 26.2 Å². The number of nitro benzene ring substituents is 1. The van der Waals surface area contributed by atoms with Gasteiger partial charge < -0.3 is 15.1 Å². The van der Waals surface area contributed by atoms with E-state index in [0.717, 1.165) is 5.56 Å². The van der Waals surface area contributed by atoms with Crippen molar-refractivity contribution in [1.82, 2.24) is 9.21 Å². The van der Waals surface area contributed by atoms with Gasteiger partial charge in [0.15, 0.2) is 0 Å². The van der Waals surface area contributed by atoms with Crippen LogP contribution < -0.4 is 0 Å². The number of piperazine rings is 1. The molecule has 0 aromatic heterocycles. The summed E-state index contributed by atoms with van der Waals surface area (Å²) < 4.78 is 26.8. The monoisotopic (exact) mass is 479 g/mol. The summed E-state index contributed by atoms with van der Waals surface area (Å²) >= 11 is 0. The minimum absolute atomic E-state index is 0.151. The predicted molar refractivity (Wildman–Crippen MR) is 114 cm³/mol. The number of aryl methyl sites for hydroxylation is 1. The molecule has 1 saturated heterocycles. The number of hydrogen-bond donors (Lipinski definition) is 2. The maximum Gasteiger partial charge on any atom is 0.414 e. The van der Waals surface area contributed by atoms with Crippen LogP contribution in [0.5, 0.6) is 0 Å². The van der Waals surface area contributed by atoms with Crippen LogP contribution in [0.2, 0.25) is 0 Å². The van der Waals surface area contributed by atoms with Crippen LogP contribution >= 0.6 is 0 Å². The van der Waals surface area contributed by atoms with E-state index in [0.29, 0.717) is 0 Å². The first-order chi connectivity index (χ1) is 15.4. The Labute approximate surface area is 188 Å². The zero-order valence-electron chi connectivity index (χ0n) is 17.4. The quantitative estimate of drug-likeness (QED) is 0.371. The number of benzene rings is 2. The Hall–Kier alpha value is -3.84. The van der Waals surface area contributed by atoms with E-state index in [9.17, 15) is 23.3 Å². The molecule has 0 aliphatic carbocycles. The molecule has 0 bridgehead atoms. The van der Waals surface area contributed by atoms with Gasteiger partial charge in [0.1, 0.15) is 0 Å². The number of carbonyl (C=O) groups excluding carboxylic acids is 1. The number of rotatable bonds is 4. The van der Waals surface area contributed by atoms with Gasteiger partial charge in [0.25, 0.3) is 11.6 Å². The molecule has 33 heavy (non-hydrogen) atoms. The van der Waals surface area contributed by atoms with Crippen molar-refractivity contribution in [3.8, 4) is 0 Å². The zero-order valence-corrected chi connectivity index (χ0v) is 18.3. The molecule has 1 aliphatic rings. The highest BCUT2D eigenvalue weighted by Gasteiger charge is 2.30. The van der Waals surface area contributed by atoms with Gasteiger partial charge in [-0.3, -0.25) is 14.9 Å². The molecule has 176 valence electrons. The van der Waals surface area contributed by atoms with Crippen LogP contribution in [0.1, 0.15) is 15.9 Å². The standard InChI is InChI=1S/C18H19N3O5S.C2H2O4/c1-14-5-7-17(8-6-14)27(25,26)20-11-9-19(10-12-20)18(22)15-3-2-4-16(13-15)21(23)24;3-1(4)2(5)6/h2-8,13H,9-12H2,1H3;(H,3,4)(H,5,6). The third-order valence-corrected chi connectivity index (χ3v) is 6.58. The summed E-state index contributed by atoms with van der Waals surface area (Å²) in [6.07, 6.45) is 0. The van der Waals surface area contributed by atoms with Gasteiger partial charge in [-0.15, -0.1) is 0 Å². The van der Waals surface area contributed by atoms with Crippen LogP contribution in [0.4, 0.5) is 5.69 Å². The van der Waals surface area contributed by atoms with Gasteiger partial charge in [0, 0.05) is 43.9 Å². The number of sulfonamides is 1. The van der Waals surface area contributed by atoms with Gasteiger partial charge in [-0.1, -0.05) is 23.8 Å².